The number of nitrogens with two attached hydrogens (primary N) is 1. The molecular weight excluding hydrogens is 210 g/mol. The van der Waals surface area contributed by atoms with E-state index in [1.165, 1.54) is 19.3 Å². The predicted octanol–water partition coefficient (Wildman–Crippen LogP) is 1.48. The number of anilines is 2. The van der Waals surface area contributed by atoms with E-state index in [1.54, 1.807) is 17.5 Å². The van der Waals surface area contributed by atoms with Crippen molar-refractivity contribution in [3.8, 4) is 0 Å². The van der Waals surface area contributed by atoms with Crippen LogP contribution in [-0.2, 0) is 4.74 Å². The molecule has 15 heavy (non-hydrogen) atoms. The monoisotopic (exact) mass is 225 g/mol. The van der Waals surface area contributed by atoms with E-state index in [0.29, 0.717) is 12.1 Å². The maximum absolute atomic E-state index is 5.76. The molecule has 3 rings (SSSR count). The highest BCUT2D eigenvalue weighted by Gasteiger charge is 2.37. The molecule has 1 saturated heterocycles. The molecule has 2 atom stereocenters. The van der Waals surface area contributed by atoms with E-state index in [9.17, 15) is 0 Å². The van der Waals surface area contributed by atoms with E-state index in [2.05, 4.69) is 9.88 Å². The summed E-state index contributed by atoms with van der Waals surface area (Å²) in [5.74, 6) is 0. The molecule has 2 aliphatic rings. The van der Waals surface area contributed by atoms with Crippen LogP contribution in [0.2, 0.25) is 0 Å². The van der Waals surface area contributed by atoms with Gasteiger partial charge in [0.1, 0.15) is 5.00 Å². The van der Waals surface area contributed by atoms with Crippen molar-refractivity contribution >= 4 is 21.5 Å². The van der Waals surface area contributed by atoms with Crippen molar-refractivity contribution in [3.05, 3.63) is 6.20 Å². The van der Waals surface area contributed by atoms with Crippen LogP contribution < -0.4 is 10.6 Å². The second-order valence-electron chi connectivity index (χ2n) is 4.15. The van der Waals surface area contributed by atoms with Crippen LogP contribution >= 0.6 is 11.3 Å². The second-order valence-corrected chi connectivity index (χ2v) is 5.19. The number of ether oxygens (including phenoxy) is 1. The van der Waals surface area contributed by atoms with Gasteiger partial charge in [0.15, 0.2) is 5.13 Å². The lowest BCUT2D eigenvalue weighted by Crippen LogP contribution is -2.48. The molecule has 1 saturated carbocycles. The lowest BCUT2D eigenvalue weighted by molar-refractivity contribution is 0.0256. The third-order valence-corrected chi connectivity index (χ3v) is 4.10. The fourth-order valence-electron chi connectivity index (χ4n) is 2.57. The fraction of sp³-hybridized carbons (Fsp3) is 0.700. The molecule has 1 aromatic rings. The van der Waals surface area contributed by atoms with Crippen LogP contribution in [0.4, 0.5) is 10.1 Å². The van der Waals surface area contributed by atoms with Gasteiger partial charge in [-0.3, -0.25) is 0 Å². The van der Waals surface area contributed by atoms with Gasteiger partial charge in [-0.2, -0.15) is 0 Å². The number of morpholine rings is 1. The summed E-state index contributed by atoms with van der Waals surface area (Å²) in [5, 5.41) is 1.86. The van der Waals surface area contributed by atoms with E-state index in [-0.39, 0.29) is 0 Å². The summed E-state index contributed by atoms with van der Waals surface area (Å²) in [6.07, 6.45) is 5.86. The maximum Gasteiger partial charge on any atom is 0.187 e. The van der Waals surface area contributed by atoms with Crippen LogP contribution in [0.1, 0.15) is 19.3 Å². The molecule has 1 aromatic heterocycles. The number of hydrogen-bond donors (Lipinski definition) is 1. The number of hydrogen-bond acceptors (Lipinski definition) is 5. The van der Waals surface area contributed by atoms with Crippen molar-refractivity contribution in [1.82, 2.24) is 4.98 Å². The van der Waals surface area contributed by atoms with Crippen molar-refractivity contribution in [2.24, 2.45) is 0 Å². The molecule has 0 bridgehead atoms. The summed E-state index contributed by atoms with van der Waals surface area (Å²) >= 11 is 1.58. The van der Waals surface area contributed by atoms with Crippen LogP contribution in [0.3, 0.4) is 0 Å². The summed E-state index contributed by atoms with van der Waals surface area (Å²) in [7, 11) is 0. The van der Waals surface area contributed by atoms with Crippen LogP contribution in [0.25, 0.3) is 0 Å². The first kappa shape index (κ1) is 9.42. The number of nitrogens with zero attached hydrogens (tertiary/aromatic N) is 2. The fourth-order valence-corrected chi connectivity index (χ4v) is 3.34. The van der Waals surface area contributed by atoms with E-state index in [0.717, 1.165) is 23.3 Å². The van der Waals surface area contributed by atoms with Gasteiger partial charge in [-0.15, -0.1) is 0 Å². The summed E-state index contributed by atoms with van der Waals surface area (Å²) in [5.41, 5.74) is 5.72. The minimum atomic E-state index is 0.420. The number of thiazole rings is 1. The van der Waals surface area contributed by atoms with Gasteiger partial charge in [-0.25, -0.2) is 4.98 Å². The Morgan fingerprint density at radius 3 is 3.27 bits per heavy atom. The number of aromatic nitrogens is 1. The van der Waals surface area contributed by atoms with Gasteiger partial charge in [0.05, 0.1) is 24.9 Å². The lowest BCUT2D eigenvalue weighted by atomic mass is 10.1. The van der Waals surface area contributed by atoms with Crippen molar-refractivity contribution in [2.45, 2.75) is 31.4 Å². The van der Waals surface area contributed by atoms with E-state index in [1.807, 2.05) is 0 Å². The van der Waals surface area contributed by atoms with Crippen molar-refractivity contribution in [2.75, 3.05) is 23.8 Å². The van der Waals surface area contributed by atoms with E-state index < -0.39 is 0 Å². The number of rotatable bonds is 1. The van der Waals surface area contributed by atoms with Crippen molar-refractivity contribution in [3.63, 3.8) is 0 Å². The van der Waals surface area contributed by atoms with Crippen LogP contribution in [0.15, 0.2) is 6.20 Å². The van der Waals surface area contributed by atoms with Gasteiger partial charge in [-0.05, 0) is 19.3 Å². The second kappa shape index (κ2) is 3.64. The van der Waals surface area contributed by atoms with Crippen LogP contribution in [-0.4, -0.2) is 30.3 Å². The molecule has 0 amide bonds. The molecule has 5 heteroatoms. The minimum absolute atomic E-state index is 0.420. The molecule has 0 aromatic carbocycles. The van der Waals surface area contributed by atoms with Gasteiger partial charge in [-0.1, -0.05) is 11.3 Å². The van der Waals surface area contributed by atoms with E-state index in [4.69, 9.17) is 10.5 Å². The van der Waals surface area contributed by atoms with Crippen molar-refractivity contribution in [1.29, 1.82) is 0 Å². The molecule has 2 fully saturated rings. The molecule has 0 radical (unpaired) electrons. The Labute approximate surface area is 93.0 Å². The zero-order chi connectivity index (χ0) is 10.3. The topological polar surface area (TPSA) is 51.4 Å². The lowest BCUT2D eigenvalue weighted by Gasteiger charge is -2.37. The average Bonchev–Trinajstić information content (AvgIpc) is 2.84. The summed E-state index contributed by atoms with van der Waals surface area (Å²) < 4.78 is 5.76. The predicted molar refractivity (Wildman–Crippen MR) is 61.3 cm³/mol. The maximum atomic E-state index is 5.76. The molecule has 2 unspecified atom stereocenters. The molecule has 1 aliphatic carbocycles. The van der Waals surface area contributed by atoms with Gasteiger partial charge in [0, 0.05) is 6.54 Å². The van der Waals surface area contributed by atoms with Gasteiger partial charge >= 0.3 is 0 Å². The Hall–Kier alpha value is -0.810. The molecule has 2 N–H and O–H groups in total. The zero-order valence-corrected chi connectivity index (χ0v) is 9.37. The number of nitrogen functional groups attached to an aromatic ring is 1. The standard InChI is InChI=1S/C10H15N3OS/c11-9-6-12-10(15-9)13-4-5-14-8-3-1-2-7(8)13/h6-8H,1-5,11H2. The van der Waals surface area contributed by atoms with E-state index >= 15 is 0 Å². The molecule has 4 nitrogen and oxygen atoms in total. The van der Waals surface area contributed by atoms with Gasteiger partial charge in [0.25, 0.3) is 0 Å². The summed E-state index contributed by atoms with van der Waals surface area (Å²) in [6.45, 7) is 1.77. The van der Waals surface area contributed by atoms with Gasteiger partial charge < -0.3 is 15.4 Å². The Bertz CT molecular complexity index is 354. The molecule has 0 spiro atoms. The molecule has 1 aliphatic heterocycles. The minimum Gasteiger partial charge on any atom is -0.389 e. The summed E-state index contributed by atoms with van der Waals surface area (Å²) in [6, 6.07) is 0.532. The average molecular weight is 225 g/mol. The molecule has 82 valence electrons. The smallest absolute Gasteiger partial charge is 0.187 e. The SMILES string of the molecule is Nc1cnc(N2CCOC3CCCC32)s1. The van der Waals surface area contributed by atoms with Crippen LogP contribution in [0, 0.1) is 0 Å². The van der Waals surface area contributed by atoms with Crippen molar-refractivity contribution < 1.29 is 4.74 Å². The largest absolute Gasteiger partial charge is 0.389 e. The Balaban J connectivity index is 1.85. The summed E-state index contributed by atoms with van der Waals surface area (Å²) in [4.78, 5) is 6.74. The molecule has 2 heterocycles. The highest BCUT2D eigenvalue weighted by atomic mass is 32.1. The molecular formula is C10H15N3OS. The Kier molecular flexibility index (Phi) is 2.29. The quantitative estimate of drug-likeness (QED) is 0.786. The first-order valence-electron chi connectivity index (χ1n) is 5.44. The normalized spacial score (nSPS) is 30.5. The zero-order valence-electron chi connectivity index (χ0n) is 8.56. The van der Waals surface area contributed by atoms with Gasteiger partial charge in [0.2, 0.25) is 0 Å². The number of fused-ring (bicyclic) bond motifs is 1. The highest BCUT2D eigenvalue weighted by Crippen LogP contribution is 2.35. The highest BCUT2D eigenvalue weighted by molar-refractivity contribution is 7.19. The Morgan fingerprint density at radius 1 is 1.53 bits per heavy atom. The first-order valence-corrected chi connectivity index (χ1v) is 6.26. The first-order chi connectivity index (χ1) is 7.34. The third-order valence-electron chi connectivity index (χ3n) is 3.24. The van der Waals surface area contributed by atoms with Crippen LogP contribution in [0.5, 0.6) is 0 Å². The Morgan fingerprint density at radius 2 is 2.47 bits per heavy atom. The third kappa shape index (κ3) is 1.59.